The quantitative estimate of drug-likeness (QED) is 0.947. The third kappa shape index (κ3) is 3.00. The second-order valence-electron chi connectivity index (χ2n) is 4.11. The maximum absolute atomic E-state index is 13.5. The fourth-order valence-corrected chi connectivity index (χ4v) is 2.24. The van der Waals surface area contributed by atoms with Crippen LogP contribution in [0.3, 0.4) is 0 Å². The van der Waals surface area contributed by atoms with Crippen LogP contribution < -0.4 is 5.14 Å². The van der Waals surface area contributed by atoms with Crippen molar-refractivity contribution in [1.82, 2.24) is 0 Å². The highest BCUT2D eigenvalue weighted by Crippen LogP contribution is 2.27. The maximum atomic E-state index is 13.5. The first-order valence-corrected chi connectivity index (χ1v) is 7.04. The van der Waals surface area contributed by atoms with Gasteiger partial charge in [0.1, 0.15) is 5.82 Å². The van der Waals surface area contributed by atoms with Crippen molar-refractivity contribution < 1.29 is 21.6 Å². The number of rotatable bonds is 3. The topological polar surface area (TPSA) is 60.2 Å². The Morgan fingerprint density at radius 2 is 1.50 bits per heavy atom. The van der Waals surface area contributed by atoms with E-state index in [4.69, 9.17) is 5.14 Å². The van der Waals surface area contributed by atoms with E-state index in [0.29, 0.717) is 11.1 Å². The van der Waals surface area contributed by atoms with Crippen molar-refractivity contribution in [2.45, 2.75) is 11.3 Å². The first-order chi connectivity index (χ1) is 9.29. The van der Waals surface area contributed by atoms with Crippen molar-refractivity contribution in [2.75, 3.05) is 0 Å². The highest BCUT2D eigenvalue weighted by Gasteiger charge is 2.14. The van der Waals surface area contributed by atoms with Gasteiger partial charge in [-0.2, -0.15) is 0 Å². The first kappa shape index (κ1) is 14.5. The summed E-state index contributed by atoms with van der Waals surface area (Å²) in [7, 11) is -3.80. The van der Waals surface area contributed by atoms with Crippen LogP contribution in [-0.4, -0.2) is 8.42 Å². The van der Waals surface area contributed by atoms with Crippen LogP contribution in [0.25, 0.3) is 11.1 Å². The van der Waals surface area contributed by atoms with Crippen molar-refractivity contribution >= 4 is 10.0 Å². The fourth-order valence-electron chi connectivity index (χ4n) is 1.72. The highest BCUT2D eigenvalue weighted by atomic mass is 32.2. The minimum atomic E-state index is -3.80. The van der Waals surface area contributed by atoms with E-state index in [1.54, 1.807) is 0 Å². The third-order valence-corrected chi connectivity index (χ3v) is 3.68. The van der Waals surface area contributed by atoms with E-state index in [1.807, 2.05) is 0 Å². The second kappa shape index (κ2) is 5.26. The second-order valence-corrected chi connectivity index (χ2v) is 5.67. The molecule has 0 aliphatic rings. The summed E-state index contributed by atoms with van der Waals surface area (Å²) in [6.45, 7) is 0. The predicted molar refractivity (Wildman–Crippen MR) is 68.2 cm³/mol. The molecule has 0 saturated carbocycles. The van der Waals surface area contributed by atoms with Crippen molar-refractivity contribution in [2.24, 2.45) is 5.14 Å². The fraction of sp³-hybridized carbons (Fsp3) is 0.0769. The lowest BCUT2D eigenvalue weighted by Crippen LogP contribution is -2.11. The molecule has 3 nitrogen and oxygen atoms in total. The van der Waals surface area contributed by atoms with Crippen molar-refractivity contribution in [3.05, 3.63) is 53.8 Å². The highest BCUT2D eigenvalue weighted by molar-refractivity contribution is 7.89. The van der Waals surface area contributed by atoms with Gasteiger partial charge in [0.2, 0.25) is 10.0 Å². The number of alkyl halides is 2. The Labute approximate surface area is 113 Å². The maximum Gasteiger partial charge on any atom is 0.266 e. The van der Waals surface area contributed by atoms with Crippen LogP contribution in [0.2, 0.25) is 0 Å². The van der Waals surface area contributed by atoms with E-state index >= 15 is 0 Å². The van der Waals surface area contributed by atoms with E-state index in [0.717, 1.165) is 12.1 Å². The van der Waals surface area contributed by atoms with E-state index < -0.39 is 27.8 Å². The molecule has 0 amide bonds. The van der Waals surface area contributed by atoms with Gasteiger partial charge in [-0.05, 0) is 35.4 Å². The number of benzene rings is 2. The van der Waals surface area contributed by atoms with Gasteiger partial charge in [-0.15, -0.1) is 0 Å². The molecule has 0 heterocycles. The summed E-state index contributed by atoms with van der Waals surface area (Å²) < 4.78 is 60.5. The number of sulfonamides is 1. The van der Waals surface area contributed by atoms with E-state index in [-0.39, 0.29) is 4.90 Å². The van der Waals surface area contributed by atoms with Gasteiger partial charge >= 0.3 is 0 Å². The number of hydrogen-bond donors (Lipinski definition) is 1. The van der Waals surface area contributed by atoms with Crippen LogP contribution in [0.5, 0.6) is 0 Å². The molecule has 20 heavy (non-hydrogen) atoms. The van der Waals surface area contributed by atoms with Crippen molar-refractivity contribution in [3.8, 4) is 11.1 Å². The zero-order valence-corrected chi connectivity index (χ0v) is 10.9. The Kier molecular flexibility index (Phi) is 3.82. The summed E-state index contributed by atoms with van der Waals surface area (Å²) in [6.07, 6.45) is -2.88. The van der Waals surface area contributed by atoms with Gasteiger partial charge in [-0.25, -0.2) is 26.7 Å². The number of hydrogen-bond acceptors (Lipinski definition) is 2. The molecule has 0 bridgehead atoms. The van der Waals surface area contributed by atoms with Gasteiger partial charge in [0.05, 0.1) is 10.5 Å². The van der Waals surface area contributed by atoms with E-state index in [9.17, 15) is 21.6 Å². The molecule has 7 heteroatoms. The molecular formula is C13H10F3NO2S. The lowest BCUT2D eigenvalue weighted by atomic mass is 10.0. The van der Waals surface area contributed by atoms with Crippen molar-refractivity contribution in [3.63, 3.8) is 0 Å². The Bertz CT molecular complexity index is 728. The first-order valence-electron chi connectivity index (χ1n) is 5.50. The third-order valence-electron chi connectivity index (χ3n) is 2.75. The smallest absolute Gasteiger partial charge is 0.225 e. The summed E-state index contributed by atoms with van der Waals surface area (Å²) in [4.78, 5) is -0.0778. The van der Waals surface area contributed by atoms with Gasteiger partial charge in [0.25, 0.3) is 6.43 Å². The van der Waals surface area contributed by atoms with Crippen LogP contribution in [0.4, 0.5) is 13.2 Å². The molecule has 0 aliphatic carbocycles. The molecule has 106 valence electrons. The van der Waals surface area contributed by atoms with E-state index in [2.05, 4.69) is 0 Å². The monoisotopic (exact) mass is 301 g/mol. The molecule has 0 radical (unpaired) electrons. The van der Waals surface area contributed by atoms with Crippen LogP contribution in [-0.2, 0) is 10.0 Å². The van der Waals surface area contributed by atoms with Crippen LogP contribution in [0.1, 0.15) is 12.0 Å². The number of halogens is 3. The largest absolute Gasteiger partial charge is 0.266 e. The summed E-state index contributed by atoms with van der Waals surface area (Å²) in [5, 5.41) is 4.95. The van der Waals surface area contributed by atoms with Gasteiger partial charge in [0, 0.05) is 0 Å². The normalized spacial score (nSPS) is 11.8. The molecule has 2 aromatic carbocycles. The average molecular weight is 301 g/mol. The molecule has 0 unspecified atom stereocenters. The zero-order valence-electron chi connectivity index (χ0n) is 10.1. The van der Waals surface area contributed by atoms with Gasteiger partial charge < -0.3 is 0 Å². The van der Waals surface area contributed by atoms with Crippen LogP contribution >= 0.6 is 0 Å². The Morgan fingerprint density at radius 1 is 0.950 bits per heavy atom. The summed E-state index contributed by atoms with van der Waals surface area (Å²) >= 11 is 0. The van der Waals surface area contributed by atoms with Gasteiger partial charge in [-0.3, -0.25) is 0 Å². The van der Waals surface area contributed by atoms with E-state index in [1.165, 1.54) is 30.3 Å². The summed E-state index contributed by atoms with van der Waals surface area (Å²) in [5.41, 5.74) is 0.194. The molecule has 0 aliphatic heterocycles. The molecule has 2 N–H and O–H groups in total. The molecule has 0 spiro atoms. The Hall–Kier alpha value is -1.86. The average Bonchev–Trinajstić information content (AvgIpc) is 2.37. The lowest BCUT2D eigenvalue weighted by Gasteiger charge is -2.06. The van der Waals surface area contributed by atoms with Gasteiger partial charge in [0.15, 0.2) is 0 Å². The SMILES string of the molecule is NS(=O)(=O)c1ccc(-c2ccc(C(F)F)c(F)c2)cc1. The molecular weight excluding hydrogens is 291 g/mol. The summed E-state index contributed by atoms with van der Waals surface area (Å²) in [6, 6.07) is 8.72. The Morgan fingerprint density at radius 3 is 1.95 bits per heavy atom. The summed E-state index contributed by atoms with van der Waals surface area (Å²) in [5.74, 6) is -1.01. The molecule has 0 aromatic heterocycles. The van der Waals surface area contributed by atoms with Crippen molar-refractivity contribution in [1.29, 1.82) is 0 Å². The molecule has 0 saturated heterocycles. The van der Waals surface area contributed by atoms with Crippen LogP contribution in [0, 0.1) is 5.82 Å². The minimum absolute atomic E-state index is 0.0778. The lowest BCUT2D eigenvalue weighted by molar-refractivity contribution is 0.146. The Balaban J connectivity index is 2.40. The number of nitrogens with two attached hydrogens (primary N) is 1. The zero-order chi connectivity index (χ0) is 14.9. The molecule has 2 aromatic rings. The molecule has 0 fully saturated rings. The van der Waals surface area contributed by atoms with Gasteiger partial charge in [-0.1, -0.05) is 18.2 Å². The minimum Gasteiger partial charge on any atom is -0.225 e. The number of primary sulfonamides is 1. The predicted octanol–water partition coefficient (Wildman–Crippen LogP) is 3.08. The van der Waals surface area contributed by atoms with Crippen LogP contribution in [0.15, 0.2) is 47.4 Å². The molecule has 0 atom stereocenters. The standard InChI is InChI=1S/C13H10F3NO2S/c14-12-7-9(3-6-11(12)13(15)16)8-1-4-10(5-2-8)20(17,18)19/h1-7,13H,(H2,17,18,19). The molecule has 2 rings (SSSR count).